The van der Waals surface area contributed by atoms with Crippen LogP contribution in [0.1, 0.15) is 38.4 Å². The first-order chi connectivity index (χ1) is 12.2. The third kappa shape index (κ3) is 3.62. The summed E-state index contributed by atoms with van der Waals surface area (Å²) in [5.41, 5.74) is 0.908. The van der Waals surface area contributed by atoms with E-state index in [0.717, 1.165) is 68.2 Å². The van der Waals surface area contributed by atoms with Gasteiger partial charge in [0.25, 0.3) is 0 Å². The van der Waals surface area contributed by atoms with Gasteiger partial charge in [-0.15, -0.1) is 0 Å². The summed E-state index contributed by atoms with van der Waals surface area (Å²) in [7, 11) is 1.93. The van der Waals surface area contributed by atoms with E-state index in [1.54, 1.807) is 0 Å². The fourth-order valence-electron chi connectivity index (χ4n) is 3.86. The van der Waals surface area contributed by atoms with Crippen LogP contribution in [0.4, 0.5) is 5.82 Å². The van der Waals surface area contributed by atoms with Gasteiger partial charge in [0.1, 0.15) is 11.6 Å². The Balaban J connectivity index is 1.40. The van der Waals surface area contributed by atoms with Crippen LogP contribution in [0.2, 0.25) is 0 Å². The molecule has 0 bridgehead atoms. The van der Waals surface area contributed by atoms with Crippen molar-refractivity contribution in [2.24, 2.45) is 7.05 Å². The second kappa shape index (κ2) is 7.25. The summed E-state index contributed by atoms with van der Waals surface area (Å²) in [5.74, 6) is 1.81. The number of nitrogens with one attached hydrogen (secondary N) is 1. The lowest BCUT2D eigenvalue weighted by atomic mass is 10.0. The Morgan fingerprint density at radius 2 is 2.08 bits per heavy atom. The Morgan fingerprint density at radius 1 is 1.24 bits per heavy atom. The summed E-state index contributed by atoms with van der Waals surface area (Å²) < 4.78 is 7.60. The third-order valence-corrected chi connectivity index (χ3v) is 5.37. The molecule has 1 atom stereocenters. The molecule has 4 rings (SSSR count). The quantitative estimate of drug-likeness (QED) is 0.894. The van der Waals surface area contributed by atoms with E-state index in [-0.39, 0.29) is 0 Å². The number of aryl methyl sites for hydroxylation is 2. The first-order valence-corrected chi connectivity index (χ1v) is 9.52. The molecular weight excluding hydrogens is 316 g/mol. The SMILES string of the molecule is CCc1nc(NC2CCN(CC3CCCO3)CC2)c2cnn(C)c2n1. The van der Waals surface area contributed by atoms with Crippen molar-refractivity contribution in [1.29, 1.82) is 0 Å². The molecule has 2 aromatic rings. The van der Waals surface area contributed by atoms with Gasteiger partial charge in [0, 0.05) is 45.8 Å². The highest BCUT2D eigenvalue weighted by molar-refractivity contribution is 5.86. The lowest BCUT2D eigenvalue weighted by molar-refractivity contribution is 0.0654. The van der Waals surface area contributed by atoms with Gasteiger partial charge >= 0.3 is 0 Å². The zero-order valence-corrected chi connectivity index (χ0v) is 15.2. The first kappa shape index (κ1) is 16.7. The van der Waals surface area contributed by atoms with Crippen LogP contribution in [0.5, 0.6) is 0 Å². The molecule has 2 saturated heterocycles. The Labute approximate surface area is 148 Å². The van der Waals surface area contributed by atoms with Crippen molar-refractivity contribution in [3.05, 3.63) is 12.0 Å². The van der Waals surface area contributed by atoms with Crippen molar-refractivity contribution in [3.63, 3.8) is 0 Å². The van der Waals surface area contributed by atoms with E-state index in [4.69, 9.17) is 9.72 Å². The fraction of sp³-hybridized carbons (Fsp3) is 0.722. The Bertz CT molecular complexity index is 716. The van der Waals surface area contributed by atoms with Crippen LogP contribution in [-0.4, -0.2) is 63.0 Å². The predicted molar refractivity (Wildman–Crippen MR) is 97.7 cm³/mol. The number of piperidine rings is 1. The molecule has 25 heavy (non-hydrogen) atoms. The summed E-state index contributed by atoms with van der Waals surface area (Å²) in [6.07, 6.45) is 7.86. The van der Waals surface area contributed by atoms with Gasteiger partial charge in [-0.3, -0.25) is 4.68 Å². The average Bonchev–Trinajstić information content (AvgIpc) is 3.27. The molecule has 1 N–H and O–H groups in total. The van der Waals surface area contributed by atoms with Crippen molar-refractivity contribution in [2.75, 3.05) is 31.6 Å². The van der Waals surface area contributed by atoms with Crippen molar-refractivity contribution in [1.82, 2.24) is 24.6 Å². The number of ether oxygens (including phenoxy) is 1. The number of aromatic nitrogens is 4. The molecule has 2 fully saturated rings. The van der Waals surface area contributed by atoms with Crippen molar-refractivity contribution in [3.8, 4) is 0 Å². The van der Waals surface area contributed by atoms with Crippen LogP contribution in [0.3, 0.4) is 0 Å². The van der Waals surface area contributed by atoms with Gasteiger partial charge in [-0.2, -0.15) is 5.10 Å². The molecule has 1 unspecified atom stereocenters. The third-order valence-electron chi connectivity index (χ3n) is 5.37. The van der Waals surface area contributed by atoms with E-state index in [1.807, 2.05) is 17.9 Å². The van der Waals surface area contributed by atoms with E-state index < -0.39 is 0 Å². The summed E-state index contributed by atoms with van der Waals surface area (Å²) in [6.45, 7) is 6.37. The predicted octanol–water partition coefficient (Wildman–Crippen LogP) is 1.98. The fourth-order valence-corrected chi connectivity index (χ4v) is 3.86. The van der Waals surface area contributed by atoms with E-state index in [9.17, 15) is 0 Å². The van der Waals surface area contributed by atoms with Crippen molar-refractivity contribution < 1.29 is 4.74 Å². The molecule has 0 saturated carbocycles. The zero-order chi connectivity index (χ0) is 17.2. The highest BCUT2D eigenvalue weighted by Gasteiger charge is 2.24. The molecule has 0 aromatic carbocycles. The summed E-state index contributed by atoms with van der Waals surface area (Å²) >= 11 is 0. The van der Waals surface area contributed by atoms with Gasteiger partial charge in [0.15, 0.2) is 5.65 Å². The van der Waals surface area contributed by atoms with Gasteiger partial charge in [0.2, 0.25) is 0 Å². The van der Waals surface area contributed by atoms with Crippen LogP contribution < -0.4 is 5.32 Å². The number of hydrogen-bond donors (Lipinski definition) is 1. The van der Waals surface area contributed by atoms with Crippen LogP contribution in [0, 0.1) is 0 Å². The molecule has 0 aliphatic carbocycles. The van der Waals surface area contributed by atoms with Crippen molar-refractivity contribution >= 4 is 16.9 Å². The molecule has 7 heteroatoms. The molecule has 0 amide bonds. The normalized spacial score (nSPS) is 22.7. The molecular formula is C18H28N6O. The van der Waals surface area contributed by atoms with Gasteiger partial charge in [0.05, 0.1) is 17.7 Å². The zero-order valence-electron chi connectivity index (χ0n) is 15.2. The molecule has 0 spiro atoms. The van der Waals surface area contributed by atoms with Gasteiger partial charge in [-0.25, -0.2) is 9.97 Å². The molecule has 2 aliphatic rings. The number of hydrogen-bond acceptors (Lipinski definition) is 6. The highest BCUT2D eigenvalue weighted by atomic mass is 16.5. The minimum absolute atomic E-state index is 0.452. The van der Waals surface area contributed by atoms with E-state index >= 15 is 0 Å². The number of likely N-dealkylation sites (tertiary alicyclic amines) is 1. The molecule has 7 nitrogen and oxygen atoms in total. The number of anilines is 1. The van der Waals surface area contributed by atoms with Gasteiger partial charge < -0.3 is 15.0 Å². The average molecular weight is 344 g/mol. The maximum Gasteiger partial charge on any atom is 0.163 e. The van der Waals surface area contributed by atoms with Crippen LogP contribution in [0.15, 0.2) is 6.20 Å². The van der Waals surface area contributed by atoms with E-state index in [0.29, 0.717) is 12.1 Å². The number of fused-ring (bicyclic) bond motifs is 1. The van der Waals surface area contributed by atoms with Gasteiger partial charge in [-0.1, -0.05) is 6.92 Å². The van der Waals surface area contributed by atoms with Crippen molar-refractivity contribution in [2.45, 2.75) is 51.2 Å². The summed E-state index contributed by atoms with van der Waals surface area (Å²) in [5, 5.41) is 9.03. The Kier molecular flexibility index (Phi) is 4.85. The van der Waals surface area contributed by atoms with Gasteiger partial charge in [-0.05, 0) is 25.7 Å². The smallest absolute Gasteiger partial charge is 0.163 e. The van der Waals surface area contributed by atoms with E-state index in [2.05, 4.69) is 27.2 Å². The molecule has 0 radical (unpaired) electrons. The topological polar surface area (TPSA) is 68.1 Å². The highest BCUT2D eigenvalue weighted by Crippen LogP contribution is 2.24. The number of rotatable bonds is 5. The second-order valence-corrected chi connectivity index (χ2v) is 7.20. The molecule has 4 heterocycles. The lowest BCUT2D eigenvalue weighted by Gasteiger charge is -2.33. The standard InChI is InChI=1S/C18H28N6O/c1-3-16-21-17(15-11-19-23(2)18(15)22-16)20-13-6-8-24(9-7-13)12-14-5-4-10-25-14/h11,13-14H,3-10,12H2,1-2H3,(H,20,21,22). The molecule has 2 aromatic heterocycles. The lowest BCUT2D eigenvalue weighted by Crippen LogP contribution is -2.42. The van der Waals surface area contributed by atoms with E-state index in [1.165, 1.54) is 12.8 Å². The number of nitrogens with zero attached hydrogens (tertiary/aromatic N) is 5. The Hall–Kier alpha value is -1.73. The largest absolute Gasteiger partial charge is 0.377 e. The second-order valence-electron chi connectivity index (χ2n) is 7.20. The maximum atomic E-state index is 5.77. The molecule has 2 aliphatic heterocycles. The summed E-state index contributed by atoms with van der Waals surface area (Å²) in [6, 6.07) is 0.462. The summed E-state index contributed by atoms with van der Waals surface area (Å²) in [4.78, 5) is 11.9. The maximum absolute atomic E-state index is 5.77. The Morgan fingerprint density at radius 3 is 2.80 bits per heavy atom. The van der Waals surface area contributed by atoms with Crippen LogP contribution in [-0.2, 0) is 18.2 Å². The minimum Gasteiger partial charge on any atom is -0.377 e. The monoisotopic (exact) mass is 344 g/mol. The molecule has 136 valence electrons. The first-order valence-electron chi connectivity index (χ1n) is 9.52. The van der Waals surface area contributed by atoms with Crippen LogP contribution in [0.25, 0.3) is 11.0 Å². The minimum atomic E-state index is 0.452. The van der Waals surface area contributed by atoms with Crippen LogP contribution >= 0.6 is 0 Å².